The molecule has 3 N–H and O–H groups in total. The van der Waals surface area contributed by atoms with Crippen molar-refractivity contribution in [1.29, 1.82) is 0 Å². The number of aryl methyl sites for hydroxylation is 3. The average Bonchev–Trinajstić information content (AvgIpc) is 2.81. The molecule has 0 bridgehead atoms. The van der Waals surface area contributed by atoms with Crippen molar-refractivity contribution in [2.24, 2.45) is 12.9 Å². The second kappa shape index (κ2) is 6.50. The number of hydrogen-bond donors (Lipinski definition) is 2. The lowest BCUT2D eigenvalue weighted by atomic mass is 9.99. The van der Waals surface area contributed by atoms with Crippen molar-refractivity contribution in [3.8, 4) is 0 Å². The summed E-state index contributed by atoms with van der Waals surface area (Å²) < 4.78 is 1.82. The highest BCUT2D eigenvalue weighted by Crippen LogP contribution is 2.12. The third-order valence-electron chi connectivity index (χ3n) is 3.48. The van der Waals surface area contributed by atoms with Crippen molar-refractivity contribution < 1.29 is 0 Å². The molecule has 4 nitrogen and oxygen atoms in total. The number of rotatable bonds is 6. The number of hydrazine groups is 1. The first-order chi connectivity index (χ1) is 9.19. The van der Waals surface area contributed by atoms with Crippen molar-refractivity contribution in [3.63, 3.8) is 0 Å². The van der Waals surface area contributed by atoms with Gasteiger partial charge < -0.3 is 0 Å². The largest absolute Gasteiger partial charge is 0.276 e. The van der Waals surface area contributed by atoms with Gasteiger partial charge in [0.2, 0.25) is 0 Å². The van der Waals surface area contributed by atoms with E-state index >= 15 is 0 Å². The molecule has 0 saturated carbocycles. The maximum absolute atomic E-state index is 5.65. The Kier molecular flexibility index (Phi) is 4.71. The van der Waals surface area contributed by atoms with Crippen LogP contribution in [-0.4, -0.2) is 15.8 Å². The van der Waals surface area contributed by atoms with E-state index in [2.05, 4.69) is 41.7 Å². The molecule has 19 heavy (non-hydrogen) atoms. The van der Waals surface area contributed by atoms with Gasteiger partial charge in [-0.25, -0.2) is 0 Å². The van der Waals surface area contributed by atoms with Crippen molar-refractivity contribution in [1.82, 2.24) is 15.2 Å². The number of benzene rings is 1. The minimum absolute atomic E-state index is 0.259. The normalized spacial score (nSPS) is 12.6. The van der Waals surface area contributed by atoms with E-state index in [0.29, 0.717) is 0 Å². The van der Waals surface area contributed by atoms with Gasteiger partial charge >= 0.3 is 0 Å². The van der Waals surface area contributed by atoms with Crippen molar-refractivity contribution in [2.75, 3.05) is 0 Å². The Hall–Kier alpha value is -1.65. The van der Waals surface area contributed by atoms with E-state index in [1.165, 1.54) is 11.1 Å². The van der Waals surface area contributed by atoms with Crippen LogP contribution in [0.15, 0.2) is 36.5 Å². The summed E-state index contributed by atoms with van der Waals surface area (Å²) in [7, 11) is 1.93. The third kappa shape index (κ3) is 3.91. The van der Waals surface area contributed by atoms with Crippen molar-refractivity contribution >= 4 is 0 Å². The lowest BCUT2D eigenvalue weighted by molar-refractivity contribution is 0.484. The number of aromatic nitrogens is 2. The molecule has 102 valence electrons. The zero-order chi connectivity index (χ0) is 13.7. The van der Waals surface area contributed by atoms with Crippen LogP contribution in [0.1, 0.15) is 23.2 Å². The Balaban J connectivity index is 1.91. The molecule has 0 aliphatic heterocycles. The van der Waals surface area contributed by atoms with Gasteiger partial charge in [0.05, 0.1) is 5.69 Å². The molecule has 1 unspecified atom stereocenters. The lowest BCUT2D eigenvalue weighted by Gasteiger charge is -2.15. The Morgan fingerprint density at radius 3 is 2.74 bits per heavy atom. The monoisotopic (exact) mass is 258 g/mol. The van der Waals surface area contributed by atoms with E-state index in [-0.39, 0.29) is 6.04 Å². The van der Waals surface area contributed by atoms with Gasteiger partial charge in [-0.15, -0.1) is 0 Å². The van der Waals surface area contributed by atoms with Crippen LogP contribution in [0.3, 0.4) is 0 Å². The maximum atomic E-state index is 5.65. The Labute approximate surface area is 114 Å². The number of nitrogens with zero attached hydrogens (tertiary/aromatic N) is 2. The first-order valence-corrected chi connectivity index (χ1v) is 6.68. The van der Waals surface area contributed by atoms with E-state index in [9.17, 15) is 0 Å². The van der Waals surface area contributed by atoms with Gasteiger partial charge in [0.15, 0.2) is 0 Å². The molecule has 1 aromatic carbocycles. The SMILES string of the molecule is Cc1ccccc1CCC(Cc1ccn(C)n1)NN. The Bertz CT molecular complexity index is 518. The predicted molar refractivity (Wildman–Crippen MR) is 77.5 cm³/mol. The minimum Gasteiger partial charge on any atom is -0.276 e. The average molecular weight is 258 g/mol. The summed E-state index contributed by atoms with van der Waals surface area (Å²) in [5.74, 6) is 5.65. The lowest BCUT2D eigenvalue weighted by Crippen LogP contribution is -2.37. The first kappa shape index (κ1) is 13.8. The molecule has 0 aliphatic rings. The van der Waals surface area contributed by atoms with Crippen LogP contribution >= 0.6 is 0 Å². The van der Waals surface area contributed by atoms with Gasteiger partial charge in [-0.2, -0.15) is 5.10 Å². The fraction of sp³-hybridized carbons (Fsp3) is 0.400. The fourth-order valence-electron chi connectivity index (χ4n) is 2.29. The summed E-state index contributed by atoms with van der Waals surface area (Å²) in [5, 5.41) is 4.39. The quantitative estimate of drug-likeness (QED) is 0.613. The Morgan fingerprint density at radius 1 is 1.32 bits per heavy atom. The molecular formula is C15H22N4. The minimum atomic E-state index is 0.259. The van der Waals surface area contributed by atoms with Crippen LogP contribution in [0.5, 0.6) is 0 Å². The molecule has 0 spiro atoms. The highest BCUT2D eigenvalue weighted by atomic mass is 15.3. The number of nitrogens with one attached hydrogen (secondary N) is 1. The van der Waals surface area contributed by atoms with Gasteiger partial charge in [0, 0.05) is 25.7 Å². The summed E-state index contributed by atoms with van der Waals surface area (Å²) >= 11 is 0. The summed E-state index contributed by atoms with van der Waals surface area (Å²) in [6.07, 6.45) is 4.87. The summed E-state index contributed by atoms with van der Waals surface area (Å²) in [6.45, 7) is 2.15. The van der Waals surface area contributed by atoms with Gasteiger partial charge in [-0.1, -0.05) is 24.3 Å². The van der Waals surface area contributed by atoms with Gasteiger partial charge in [0.1, 0.15) is 0 Å². The van der Waals surface area contributed by atoms with Gasteiger partial charge in [0.25, 0.3) is 0 Å². The number of hydrogen-bond acceptors (Lipinski definition) is 3. The van der Waals surface area contributed by atoms with Crippen LogP contribution in [0.25, 0.3) is 0 Å². The van der Waals surface area contributed by atoms with E-state index in [4.69, 9.17) is 5.84 Å². The molecule has 0 aliphatic carbocycles. The van der Waals surface area contributed by atoms with Crippen molar-refractivity contribution in [2.45, 2.75) is 32.2 Å². The molecule has 2 rings (SSSR count). The van der Waals surface area contributed by atoms with E-state index in [1.54, 1.807) is 0 Å². The van der Waals surface area contributed by atoms with Crippen LogP contribution in [0.4, 0.5) is 0 Å². The van der Waals surface area contributed by atoms with Gasteiger partial charge in [-0.05, 0) is 37.0 Å². The van der Waals surface area contributed by atoms with Crippen molar-refractivity contribution in [3.05, 3.63) is 53.3 Å². The fourth-order valence-corrected chi connectivity index (χ4v) is 2.29. The zero-order valence-electron chi connectivity index (χ0n) is 11.6. The zero-order valence-corrected chi connectivity index (χ0v) is 11.6. The highest BCUT2D eigenvalue weighted by Gasteiger charge is 2.10. The molecule has 1 heterocycles. The molecule has 0 saturated heterocycles. The predicted octanol–water partition coefficient (Wildman–Crippen LogP) is 1.74. The van der Waals surface area contributed by atoms with Crippen LogP contribution in [0, 0.1) is 6.92 Å². The second-order valence-corrected chi connectivity index (χ2v) is 5.01. The van der Waals surface area contributed by atoms with Crippen LogP contribution in [0.2, 0.25) is 0 Å². The molecule has 0 fully saturated rings. The molecule has 4 heteroatoms. The molecule has 1 atom stereocenters. The third-order valence-corrected chi connectivity index (χ3v) is 3.48. The molecule has 2 aromatic rings. The molecule has 0 radical (unpaired) electrons. The maximum Gasteiger partial charge on any atom is 0.0640 e. The topological polar surface area (TPSA) is 55.9 Å². The highest BCUT2D eigenvalue weighted by molar-refractivity contribution is 5.25. The second-order valence-electron chi connectivity index (χ2n) is 5.01. The summed E-state index contributed by atoms with van der Waals surface area (Å²) in [4.78, 5) is 0. The molecule has 0 amide bonds. The summed E-state index contributed by atoms with van der Waals surface area (Å²) in [5.41, 5.74) is 6.72. The van der Waals surface area contributed by atoms with E-state index in [0.717, 1.165) is 25.0 Å². The standard InChI is InChI=1S/C15H22N4/c1-12-5-3-4-6-13(12)7-8-14(17-16)11-15-9-10-19(2)18-15/h3-6,9-10,14,17H,7-8,11,16H2,1-2H3. The molecular weight excluding hydrogens is 236 g/mol. The first-order valence-electron chi connectivity index (χ1n) is 6.68. The van der Waals surface area contributed by atoms with E-state index < -0.39 is 0 Å². The van der Waals surface area contributed by atoms with E-state index in [1.807, 2.05) is 24.0 Å². The Morgan fingerprint density at radius 2 is 2.11 bits per heavy atom. The molecule has 1 aromatic heterocycles. The smallest absolute Gasteiger partial charge is 0.0640 e. The van der Waals surface area contributed by atoms with Crippen LogP contribution < -0.4 is 11.3 Å². The number of nitrogens with two attached hydrogens (primary N) is 1. The summed E-state index contributed by atoms with van der Waals surface area (Å²) in [6, 6.07) is 10.8. The van der Waals surface area contributed by atoms with Gasteiger partial charge in [-0.3, -0.25) is 16.0 Å². The van der Waals surface area contributed by atoms with Crippen LogP contribution in [-0.2, 0) is 19.9 Å².